The molecule has 1 amide bonds. The van der Waals surface area contributed by atoms with Gasteiger partial charge in [0.05, 0.1) is 18.6 Å². The van der Waals surface area contributed by atoms with Gasteiger partial charge in [-0.25, -0.2) is 8.42 Å². The molecule has 0 spiro atoms. The fourth-order valence-corrected chi connectivity index (χ4v) is 4.12. The fraction of sp³-hybridized carbons (Fsp3) is 0.316. The summed E-state index contributed by atoms with van der Waals surface area (Å²) in [5, 5.41) is 3.28. The van der Waals surface area contributed by atoms with Crippen molar-refractivity contribution >= 4 is 38.9 Å². The van der Waals surface area contributed by atoms with E-state index in [4.69, 9.17) is 16.3 Å². The van der Waals surface area contributed by atoms with Gasteiger partial charge >= 0.3 is 0 Å². The van der Waals surface area contributed by atoms with Crippen LogP contribution in [-0.4, -0.2) is 33.7 Å². The third-order valence-electron chi connectivity index (χ3n) is 3.92. The zero-order valence-electron chi connectivity index (χ0n) is 15.5. The second kappa shape index (κ2) is 9.21. The summed E-state index contributed by atoms with van der Waals surface area (Å²) < 4.78 is 31.0. The number of hydrogen-bond donors (Lipinski definition) is 1. The molecule has 2 aromatic carbocycles. The van der Waals surface area contributed by atoms with Gasteiger partial charge in [-0.3, -0.25) is 9.10 Å². The number of nitrogens with one attached hydrogen (secondary N) is 1. The van der Waals surface area contributed by atoms with E-state index in [0.29, 0.717) is 29.4 Å². The number of amides is 1. The highest BCUT2D eigenvalue weighted by atomic mass is 35.5. The maximum atomic E-state index is 12.9. The lowest BCUT2D eigenvalue weighted by atomic mass is 10.1. The number of ether oxygens (including phenoxy) is 1. The zero-order valence-corrected chi connectivity index (χ0v) is 17.0. The van der Waals surface area contributed by atoms with E-state index in [1.807, 2.05) is 6.07 Å². The van der Waals surface area contributed by atoms with Gasteiger partial charge in [-0.1, -0.05) is 30.7 Å². The first-order valence-electron chi connectivity index (χ1n) is 8.40. The first-order chi connectivity index (χ1) is 12.8. The lowest BCUT2D eigenvalue weighted by Crippen LogP contribution is -2.47. The molecule has 0 saturated carbocycles. The monoisotopic (exact) mass is 410 g/mol. The maximum Gasteiger partial charge on any atom is 0.248 e. The van der Waals surface area contributed by atoms with Crippen LogP contribution in [-0.2, 0) is 26.2 Å². The summed E-state index contributed by atoms with van der Waals surface area (Å²) in [6, 6.07) is 12.7. The van der Waals surface area contributed by atoms with Gasteiger partial charge in [0.1, 0.15) is 6.04 Å². The highest BCUT2D eigenvalue weighted by Crippen LogP contribution is 2.25. The van der Waals surface area contributed by atoms with Crippen LogP contribution in [0, 0.1) is 0 Å². The van der Waals surface area contributed by atoms with Gasteiger partial charge in [-0.15, -0.1) is 0 Å². The van der Waals surface area contributed by atoms with Crippen molar-refractivity contribution in [3.05, 3.63) is 59.1 Å². The molecule has 0 aliphatic heterocycles. The minimum atomic E-state index is -3.69. The largest absolute Gasteiger partial charge is 0.380 e. The van der Waals surface area contributed by atoms with Crippen molar-refractivity contribution < 1.29 is 17.9 Å². The molecule has 1 unspecified atom stereocenters. The van der Waals surface area contributed by atoms with E-state index in [-0.39, 0.29) is 0 Å². The fourth-order valence-electron chi connectivity index (χ4n) is 2.78. The molecular formula is C19H23ClN2O4S. The van der Waals surface area contributed by atoms with Crippen LogP contribution in [0.1, 0.15) is 18.9 Å². The normalized spacial score (nSPS) is 12.4. The van der Waals surface area contributed by atoms with E-state index in [9.17, 15) is 13.2 Å². The third-order valence-corrected chi connectivity index (χ3v) is 5.35. The summed E-state index contributed by atoms with van der Waals surface area (Å²) in [5.41, 5.74) is 1.87. The molecule has 2 rings (SSSR count). The van der Waals surface area contributed by atoms with Crippen LogP contribution in [0.2, 0.25) is 5.02 Å². The number of nitrogens with zero attached hydrogens (tertiary/aromatic N) is 1. The van der Waals surface area contributed by atoms with Gasteiger partial charge in [0.15, 0.2) is 0 Å². The molecule has 0 heterocycles. The summed E-state index contributed by atoms with van der Waals surface area (Å²) in [5.74, 6) is -0.410. The Hall–Kier alpha value is -2.09. The molecule has 0 radical (unpaired) electrons. The Morgan fingerprint density at radius 2 is 1.89 bits per heavy atom. The van der Waals surface area contributed by atoms with Crippen molar-refractivity contribution in [2.75, 3.05) is 23.0 Å². The number of methoxy groups -OCH3 is 1. The first-order valence-corrected chi connectivity index (χ1v) is 10.6. The van der Waals surface area contributed by atoms with Crippen LogP contribution in [0.4, 0.5) is 11.4 Å². The predicted octanol–water partition coefficient (Wildman–Crippen LogP) is 3.67. The van der Waals surface area contributed by atoms with Gasteiger partial charge in [0.2, 0.25) is 15.9 Å². The van der Waals surface area contributed by atoms with Crippen LogP contribution < -0.4 is 9.62 Å². The van der Waals surface area contributed by atoms with E-state index >= 15 is 0 Å². The highest BCUT2D eigenvalue weighted by Gasteiger charge is 2.31. The summed E-state index contributed by atoms with van der Waals surface area (Å²) >= 11 is 5.90. The Morgan fingerprint density at radius 1 is 1.22 bits per heavy atom. The first kappa shape index (κ1) is 21.2. The van der Waals surface area contributed by atoms with E-state index in [0.717, 1.165) is 16.1 Å². The van der Waals surface area contributed by atoms with Gasteiger partial charge in [-0.2, -0.15) is 0 Å². The summed E-state index contributed by atoms with van der Waals surface area (Å²) in [4.78, 5) is 12.9. The summed E-state index contributed by atoms with van der Waals surface area (Å²) in [6.07, 6.45) is 1.38. The predicted molar refractivity (Wildman–Crippen MR) is 109 cm³/mol. The molecule has 0 fully saturated rings. The van der Waals surface area contributed by atoms with Gasteiger partial charge in [0, 0.05) is 17.8 Å². The van der Waals surface area contributed by atoms with E-state index in [1.165, 1.54) is 0 Å². The Kier molecular flexibility index (Phi) is 7.24. The second-order valence-corrected chi connectivity index (χ2v) is 8.38. The average molecular weight is 411 g/mol. The Labute approximate surface area is 165 Å². The molecule has 8 heteroatoms. The summed E-state index contributed by atoms with van der Waals surface area (Å²) in [7, 11) is -2.10. The lowest BCUT2D eigenvalue weighted by molar-refractivity contribution is -0.117. The number of carbonyl (C=O) groups is 1. The molecular weight excluding hydrogens is 388 g/mol. The Bertz CT molecular complexity index is 885. The number of benzene rings is 2. The van der Waals surface area contributed by atoms with Crippen LogP contribution >= 0.6 is 11.6 Å². The maximum absolute atomic E-state index is 12.9. The molecule has 146 valence electrons. The molecule has 0 aliphatic rings. The smallest absolute Gasteiger partial charge is 0.248 e. The number of halogens is 1. The molecule has 6 nitrogen and oxygen atoms in total. The molecule has 1 N–H and O–H groups in total. The molecule has 0 aromatic heterocycles. The minimum absolute atomic E-state index is 0.305. The van der Waals surface area contributed by atoms with Crippen molar-refractivity contribution in [2.45, 2.75) is 26.0 Å². The van der Waals surface area contributed by atoms with Gasteiger partial charge in [-0.05, 0) is 48.4 Å². The number of carbonyl (C=O) groups excluding carboxylic acids is 1. The average Bonchev–Trinajstić information content (AvgIpc) is 2.60. The SMILES string of the molecule is CCC(C(=O)Nc1cccc(COC)c1)N(c1ccc(Cl)cc1)S(C)(=O)=O. The molecule has 2 aromatic rings. The lowest BCUT2D eigenvalue weighted by Gasteiger charge is -2.30. The van der Waals surface area contributed by atoms with Crippen LogP contribution in [0.3, 0.4) is 0 Å². The van der Waals surface area contributed by atoms with Crippen LogP contribution in [0.25, 0.3) is 0 Å². The minimum Gasteiger partial charge on any atom is -0.380 e. The Balaban J connectivity index is 2.32. The van der Waals surface area contributed by atoms with Crippen molar-refractivity contribution in [3.8, 4) is 0 Å². The number of anilines is 2. The molecule has 0 saturated heterocycles. The van der Waals surface area contributed by atoms with Crippen LogP contribution in [0.5, 0.6) is 0 Å². The van der Waals surface area contributed by atoms with Gasteiger partial charge in [0.25, 0.3) is 0 Å². The van der Waals surface area contributed by atoms with Crippen molar-refractivity contribution in [3.63, 3.8) is 0 Å². The highest BCUT2D eigenvalue weighted by molar-refractivity contribution is 7.92. The van der Waals surface area contributed by atoms with Crippen molar-refractivity contribution in [1.29, 1.82) is 0 Å². The molecule has 1 atom stereocenters. The number of rotatable bonds is 8. The van der Waals surface area contributed by atoms with Crippen molar-refractivity contribution in [2.24, 2.45) is 0 Å². The van der Waals surface area contributed by atoms with Gasteiger partial charge < -0.3 is 10.1 Å². The van der Waals surface area contributed by atoms with E-state index < -0.39 is 22.0 Å². The molecule has 0 bridgehead atoms. The standard InChI is InChI=1S/C19H23ClN2O4S/c1-4-18(19(23)21-16-7-5-6-14(12-16)13-26-2)22(27(3,24)25)17-10-8-15(20)9-11-17/h5-12,18H,4,13H2,1-3H3,(H,21,23). The number of sulfonamides is 1. The van der Waals surface area contributed by atoms with Crippen molar-refractivity contribution in [1.82, 2.24) is 0 Å². The van der Waals surface area contributed by atoms with E-state index in [2.05, 4.69) is 5.32 Å². The molecule has 27 heavy (non-hydrogen) atoms. The topological polar surface area (TPSA) is 75.7 Å². The quantitative estimate of drug-likeness (QED) is 0.720. The van der Waals surface area contributed by atoms with Crippen LogP contribution in [0.15, 0.2) is 48.5 Å². The van der Waals surface area contributed by atoms with E-state index in [1.54, 1.807) is 56.5 Å². The molecule has 0 aliphatic carbocycles. The second-order valence-electron chi connectivity index (χ2n) is 6.08. The summed E-state index contributed by atoms with van der Waals surface area (Å²) in [6.45, 7) is 2.18. The number of hydrogen-bond acceptors (Lipinski definition) is 4. The Morgan fingerprint density at radius 3 is 2.44 bits per heavy atom. The zero-order chi connectivity index (χ0) is 20.0. The third kappa shape index (κ3) is 5.69.